The third kappa shape index (κ3) is 7.63. The van der Waals surface area contributed by atoms with E-state index in [0.29, 0.717) is 5.69 Å². The van der Waals surface area contributed by atoms with Crippen molar-refractivity contribution in [3.05, 3.63) is 41.1 Å². The summed E-state index contributed by atoms with van der Waals surface area (Å²) >= 11 is 0. The van der Waals surface area contributed by atoms with Crippen molar-refractivity contribution >= 4 is 17.7 Å². The van der Waals surface area contributed by atoms with Gasteiger partial charge in [-0.1, -0.05) is 26.0 Å². The van der Waals surface area contributed by atoms with Gasteiger partial charge in [0.25, 0.3) is 0 Å². The van der Waals surface area contributed by atoms with Crippen LogP contribution in [0.5, 0.6) is 6.01 Å². The minimum Gasteiger partial charge on any atom is -0.460 e. The highest BCUT2D eigenvalue weighted by Gasteiger charge is 2.16. The van der Waals surface area contributed by atoms with E-state index in [2.05, 4.69) is 57.4 Å². The molecule has 164 valence electrons. The van der Waals surface area contributed by atoms with Gasteiger partial charge in [0.05, 0.1) is 23.2 Å². The van der Waals surface area contributed by atoms with Gasteiger partial charge < -0.3 is 14.7 Å². The van der Waals surface area contributed by atoms with Gasteiger partial charge in [0.15, 0.2) is 0 Å². The molecule has 0 radical (unpaired) electrons. The van der Waals surface area contributed by atoms with Gasteiger partial charge in [-0.05, 0) is 57.7 Å². The Morgan fingerprint density at radius 3 is 2.47 bits per heavy atom. The van der Waals surface area contributed by atoms with Crippen molar-refractivity contribution < 1.29 is 9.84 Å². The molecule has 0 saturated carbocycles. The Morgan fingerprint density at radius 2 is 1.83 bits per heavy atom. The molecule has 7 nitrogen and oxygen atoms in total. The molecule has 7 heteroatoms. The van der Waals surface area contributed by atoms with Gasteiger partial charge in [-0.15, -0.1) is 0 Å². The van der Waals surface area contributed by atoms with Gasteiger partial charge in [0.2, 0.25) is 0 Å². The smallest absolute Gasteiger partial charge is 0.319 e. The van der Waals surface area contributed by atoms with Crippen molar-refractivity contribution in [3.63, 3.8) is 0 Å². The molecule has 0 spiro atoms. The van der Waals surface area contributed by atoms with Crippen molar-refractivity contribution in [2.75, 3.05) is 30.0 Å². The number of hydrogen-bond donors (Lipinski definition) is 2. The van der Waals surface area contributed by atoms with E-state index in [1.165, 1.54) is 5.56 Å². The van der Waals surface area contributed by atoms with E-state index >= 15 is 0 Å². The molecule has 0 fully saturated rings. The SMILES string of the molecule is CCCN(CCC)c1cc(/C=N/Nc2cc(C)ccc2C)nc(OCC(C)(C)O)n1. The minimum atomic E-state index is -0.968. The fourth-order valence-corrected chi connectivity index (χ4v) is 2.87. The maximum atomic E-state index is 9.98. The van der Waals surface area contributed by atoms with E-state index in [-0.39, 0.29) is 12.6 Å². The van der Waals surface area contributed by atoms with E-state index in [0.717, 1.165) is 43.0 Å². The number of ether oxygens (including phenoxy) is 1. The second kappa shape index (κ2) is 10.9. The Labute approximate surface area is 180 Å². The van der Waals surface area contributed by atoms with E-state index in [9.17, 15) is 5.11 Å². The molecule has 1 heterocycles. The van der Waals surface area contributed by atoms with Gasteiger partial charge in [-0.3, -0.25) is 5.43 Å². The minimum absolute atomic E-state index is 0.106. The largest absolute Gasteiger partial charge is 0.460 e. The fourth-order valence-electron chi connectivity index (χ4n) is 2.87. The fraction of sp³-hybridized carbons (Fsp3) is 0.522. The van der Waals surface area contributed by atoms with E-state index in [1.807, 2.05) is 19.9 Å². The first kappa shape index (κ1) is 23.6. The normalized spacial score (nSPS) is 11.7. The first-order chi connectivity index (χ1) is 14.2. The number of nitrogens with zero attached hydrogens (tertiary/aromatic N) is 4. The Morgan fingerprint density at radius 1 is 1.13 bits per heavy atom. The number of aromatic nitrogens is 2. The van der Waals surface area contributed by atoms with Crippen LogP contribution in [0, 0.1) is 13.8 Å². The van der Waals surface area contributed by atoms with E-state index in [1.54, 1.807) is 20.1 Å². The van der Waals surface area contributed by atoms with Crippen LogP contribution in [0.25, 0.3) is 0 Å². The van der Waals surface area contributed by atoms with Crippen LogP contribution < -0.4 is 15.1 Å². The molecular weight excluding hydrogens is 378 g/mol. The maximum absolute atomic E-state index is 9.98. The van der Waals surface area contributed by atoms with Crippen LogP contribution in [-0.4, -0.2) is 46.6 Å². The predicted molar refractivity (Wildman–Crippen MR) is 124 cm³/mol. The summed E-state index contributed by atoms with van der Waals surface area (Å²) in [4.78, 5) is 11.2. The molecular formula is C23H35N5O2. The van der Waals surface area contributed by atoms with Crippen molar-refractivity contribution in [3.8, 4) is 6.01 Å². The standard InChI is InChI=1S/C23H35N5O2/c1-7-11-28(12-8-2)21-14-19(25-22(26-21)30-16-23(5,6)29)15-24-27-20-13-17(3)9-10-18(20)4/h9-10,13-15,27,29H,7-8,11-12,16H2,1-6H3/b24-15+. The van der Waals surface area contributed by atoms with Gasteiger partial charge >= 0.3 is 6.01 Å². The van der Waals surface area contributed by atoms with Gasteiger partial charge in [-0.25, -0.2) is 0 Å². The van der Waals surface area contributed by atoms with Crippen LogP contribution in [-0.2, 0) is 0 Å². The predicted octanol–water partition coefficient (Wildman–Crippen LogP) is 4.32. The van der Waals surface area contributed by atoms with Crippen LogP contribution in [0.2, 0.25) is 0 Å². The summed E-state index contributed by atoms with van der Waals surface area (Å²) in [6.07, 6.45) is 3.70. The second-order valence-electron chi connectivity index (χ2n) is 8.21. The first-order valence-corrected chi connectivity index (χ1v) is 10.6. The molecule has 0 aliphatic rings. The summed E-state index contributed by atoms with van der Waals surface area (Å²) in [5.74, 6) is 0.799. The summed E-state index contributed by atoms with van der Waals surface area (Å²) < 4.78 is 5.68. The summed E-state index contributed by atoms with van der Waals surface area (Å²) in [5, 5.41) is 14.4. The molecule has 0 aliphatic heterocycles. The van der Waals surface area contributed by atoms with Gasteiger partial charge in [0, 0.05) is 19.2 Å². The molecule has 0 aliphatic carbocycles. The number of nitrogens with one attached hydrogen (secondary N) is 1. The van der Waals surface area contributed by atoms with E-state index < -0.39 is 5.60 Å². The monoisotopic (exact) mass is 413 g/mol. The van der Waals surface area contributed by atoms with Crippen LogP contribution in [0.3, 0.4) is 0 Å². The average molecular weight is 414 g/mol. The lowest BCUT2D eigenvalue weighted by Gasteiger charge is -2.23. The summed E-state index contributed by atoms with van der Waals surface area (Å²) in [6, 6.07) is 8.34. The molecule has 0 saturated heterocycles. The Kier molecular flexibility index (Phi) is 8.59. The highest BCUT2D eigenvalue weighted by molar-refractivity contribution is 5.79. The van der Waals surface area contributed by atoms with Crippen molar-refractivity contribution in [2.24, 2.45) is 5.10 Å². The first-order valence-electron chi connectivity index (χ1n) is 10.6. The Balaban J connectivity index is 2.28. The molecule has 0 unspecified atom stereocenters. The zero-order valence-electron chi connectivity index (χ0n) is 19.1. The summed E-state index contributed by atoms with van der Waals surface area (Å²) in [7, 11) is 0. The number of hydrogen-bond acceptors (Lipinski definition) is 7. The van der Waals surface area contributed by atoms with Crippen molar-refractivity contribution in [1.82, 2.24) is 9.97 Å². The molecule has 2 aromatic rings. The highest BCUT2D eigenvalue weighted by Crippen LogP contribution is 2.19. The van der Waals surface area contributed by atoms with Crippen LogP contribution in [0.15, 0.2) is 29.4 Å². The molecule has 0 amide bonds. The number of benzene rings is 1. The third-order valence-corrected chi connectivity index (χ3v) is 4.35. The zero-order valence-corrected chi connectivity index (χ0v) is 19.1. The molecule has 1 aromatic heterocycles. The van der Waals surface area contributed by atoms with Crippen LogP contribution in [0.1, 0.15) is 57.4 Å². The van der Waals surface area contributed by atoms with E-state index in [4.69, 9.17) is 4.74 Å². The van der Waals surface area contributed by atoms with Gasteiger partial charge in [-0.2, -0.15) is 15.1 Å². The molecule has 2 rings (SSSR count). The second-order valence-corrected chi connectivity index (χ2v) is 8.21. The highest BCUT2D eigenvalue weighted by atomic mass is 16.5. The lowest BCUT2D eigenvalue weighted by Crippen LogP contribution is -2.29. The lowest BCUT2D eigenvalue weighted by molar-refractivity contribution is 0.0250. The molecule has 2 N–H and O–H groups in total. The number of aryl methyl sites for hydroxylation is 2. The number of anilines is 2. The Hall–Kier alpha value is -2.67. The molecule has 0 bridgehead atoms. The van der Waals surface area contributed by atoms with Crippen molar-refractivity contribution in [2.45, 2.75) is 60.0 Å². The number of aliphatic hydroxyl groups is 1. The van der Waals surface area contributed by atoms with Crippen molar-refractivity contribution in [1.29, 1.82) is 0 Å². The zero-order chi connectivity index (χ0) is 22.1. The molecule has 0 atom stereocenters. The molecule has 1 aromatic carbocycles. The maximum Gasteiger partial charge on any atom is 0.319 e. The quantitative estimate of drug-likeness (QED) is 0.422. The summed E-state index contributed by atoms with van der Waals surface area (Å²) in [6.45, 7) is 13.7. The summed E-state index contributed by atoms with van der Waals surface area (Å²) in [5.41, 5.74) is 6.00. The van der Waals surface area contributed by atoms with Crippen LogP contribution >= 0.6 is 0 Å². The average Bonchev–Trinajstić information content (AvgIpc) is 2.68. The number of rotatable bonds is 11. The van der Waals surface area contributed by atoms with Crippen LogP contribution in [0.4, 0.5) is 11.5 Å². The third-order valence-electron chi connectivity index (χ3n) is 4.35. The molecule has 30 heavy (non-hydrogen) atoms. The Bertz CT molecular complexity index is 840. The van der Waals surface area contributed by atoms with Gasteiger partial charge in [0.1, 0.15) is 12.4 Å². The number of hydrazone groups is 1. The topological polar surface area (TPSA) is 82.9 Å². The lowest BCUT2D eigenvalue weighted by atomic mass is 10.1.